The van der Waals surface area contributed by atoms with Crippen molar-refractivity contribution in [2.24, 2.45) is 0 Å². The normalized spacial score (nSPS) is 11.7. The summed E-state index contributed by atoms with van der Waals surface area (Å²) in [4.78, 5) is 22.1. The molecule has 0 bridgehead atoms. The van der Waals surface area contributed by atoms with E-state index in [0.717, 1.165) is 16.7 Å². The molecule has 4 nitrogen and oxygen atoms in total. The van der Waals surface area contributed by atoms with Crippen LogP contribution >= 0.6 is 0 Å². The van der Waals surface area contributed by atoms with Crippen molar-refractivity contribution in [1.82, 2.24) is 0 Å². The van der Waals surface area contributed by atoms with E-state index in [-0.39, 0.29) is 5.78 Å². The highest BCUT2D eigenvalue weighted by Gasteiger charge is 2.30. The van der Waals surface area contributed by atoms with Crippen LogP contribution in [-0.2, 0) is 9.59 Å². The summed E-state index contributed by atoms with van der Waals surface area (Å²) >= 11 is 0. The lowest BCUT2D eigenvalue weighted by molar-refractivity contribution is -0.152. The summed E-state index contributed by atoms with van der Waals surface area (Å²) in [5, 5.41) is 9.11. The molecule has 20 heavy (non-hydrogen) atoms. The van der Waals surface area contributed by atoms with Gasteiger partial charge in [-0.05, 0) is 69.5 Å². The van der Waals surface area contributed by atoms with Crippen LogP contribution in [0.4, 0.5) is 0 Å². The molecule has 0 aromatic heterocycles. The molecule has 0 unspecified atom stereocenters. The molecule has 4 heteroatoms. The van der Waals surface area contributed by atoms with E-state index in [9.17, 15) is 9.59 Å². The van der Waals surface area contributed by atoms with Gasteiger partial charge in [0.05, 0.1) is 0 Å². The van der Waals surface area contributed by atoms with Crippen LogP contribution in [-0.4, -0.2) is 22.5 Å². The zero-order valence-electron chi connectivity index (χ0n) is 12.5. The van der Waals surface area contributed by atoms with E-state index < -0.39 is 11.6 Å². The third-order valence-electron chi connectivity index (χ3n) is 2.87. The summed E-state index contributed by atoms with van der Waals surface area (Å²) in [5.41, 5.74) is 1.27. The second-order valence-corrected chi connectivity index (χ2v) is 5.35. The highest BCUT2D eigenvalue weighted by atomic mass is 16.5. The van der Waals surface area contributed by atoms with Gasteiger partial charge >= 0.3 is 5.97 Å². The van der Waals surface area contributed by atoms with Gasteiger partial charge in [-0.2, -0.15) is 0 Å². The first kappa shape index (κ1) is 16.0. The highest BCUT2D eigenvalue weighted by molar-refractivity contribution is 5.91. The summed E-state index contributed by atoms with van der Waals surface area (Å²) < 4.78 is 5.61. The third-order valence-corrected chi connectivity index (χ3v) is 2.87. The predicted molar refractivity (Wildman–Crippen MR) is 78.0 cm³/mol. The molecule has 0 aliphatic heterocycles. The first-order chi connectivity index (χ1) is 9.13. The largest absolute Gasteiger partial charge is 0.478 e. The number of ketones is 1. The Balaban J connectivity index is 3.13. The molecule has 1 N–H and O–H groups in total. The highest BCUT2D eigenvalue weighted by Crippen LogP contribution is 2.29. The molecule has 0 spiro atoms. The summed E-state index contributed by atoms with van der Waals surface area (Å²) in [7, 11) is 0. The first-order valence-electron chi connectivity index (χ1n) is 6.36. The molecule has 1 rings (SSSR count). The molecule has 0 aliphatic rings. The number of ether oxygens (including phenoxy) is 1. The maximum atomic E-state index is 11.1. The van der Waals surface area contributed by atoms with Crippen LogP contribution in [0.5, 0.6) is 5.75 Å². The summed E-state index contributed by atoms with van der Waals surface area (Å²) in [6.07, 6.45) is 3.23. The van der Waals surface area contributed by atoms with Crippen molar-refractivity contribution in [3.8, 4) is 5.75 Å². The Hall–Kier alpha value is -2.10. The molecular weight excluding hydrogens is 256 g/mol. The average molecular weight is 276 g/mol. The number of aryl methyl sites for hydroxylation is 2. The van der Waals surface area contributed by atoms with Gasteiger partial charge in [0.1, 0.15) is 5.75 Å². The zero-order chi connectivity index (χ0) is 15.5. The molecule has 0 amide bonds. The van der Waals surface area contributed by atoms with Gasteiger partial charge in [0.2, 0.25) is 0 Å². The van der Waals surface area contributed by atoms with E-state index in [1.165, 1.54) is 26.8 Å². The molecule has 1 aromatic rings. The lowest BCUT2D eigenvalue weighted by atomic mass is 10.0. The number of carbonyl (C=O) groups excluding carboxylic acids is 1. The van der Waals surface area contributed by atoms with Crippen LogP contribution in [0.15, 0.2) is 18.2 Å². The fourth-order valence-corrected chi connectivity index (χ4v) is 1.75. The Bertz CT molecular complexity index is 545. The third kappa shape index (κ3) is 3.95. The minimum Gasteiger partial charge on any atom is -0.478 e. The standard InChI is InChI=1S/C16H20O4/c1-10-8-13(7-6-12(3)17)9-11(2)14(10)20-16(4,5)15(18)19/h6-9H,1-5H3,(H,18,19)/b7-6+. The van der Waals surface area contributed by atoms with Gasteiger partial charge in [-0.1, -0.05) is 6.08 Å². The Morgan fingerprint density at radius 1 is 1.20 bits per heavy atom. The van der Waals surface area contributed by atoms with Crippen molar-refractivity contribution < 1.29 is 19.4 Å². The van der Waals surface area contributed by atoms with Gasteiger partial charge in [-0.15, -0.1) is 0 Å². The molecule has 0 fully saturated rings. The SMILES string of the molecule is CC(=O)/C=C/c1cc(C)c(OC(C)(C)C(=O)O)c(C)c1. The quantitative estimate of drug-likeness (QED) is 0.839. The van der Waals surface area contributed by atoms with Gasteiger partial charge in [-0.3, -0.25) is 4.79 Å². The van der Waals surface area contributed by atoms with Crippen molar-refractivity contribution in [2.75, 3.05) is 0 Å². The van der Waals surface area contributed by atoms with Crippen LogP contribution in [0.25, 0.3) is 6.08 Å². The molecule has 1 aromatic carbocycles. The monoisotopic (exact) mass is 276 g/mol. The number of hydrogen-bond donors (Lipinski definition) is 1. The van der Waals surface area contributed by atoms with Crippen molar-refractivity contribution in [3.63, 3.8) is 0 Å². The number of benzene rings is 1. The molecule has 108 valence electrons. The summed E-state index contributed by atoms with van der Waals surface area (Å²) in [5.74, 6) is -0.470. The minimum absolute atomic E-state index is 0.0207. The second-order valence-electron chi connectivity index (χ2n) is 5.35. The van der Waals surface area contributed by atoms with Crippen LogP contribution in [0.3, 0.4) is 0 Å². The van der Waals surface area contributed by atoms with Gasteiger partial charge in [0.25, 0.3) is 0 Å². The van der Waals surface area contributed by atoms with Crippen LogP contribution in [0.2, 0.25) is 0 Å². The smallest absolute Gasteiger partial charge is 0.347 e. The Labute approximate surface area is 119 Å². The van der Waals surface area contributed by atoms with Crippen LogP contribution in [0, 0.1) is 13.8 Å². The van der Waals surface area contributed by atoms with Gasteiger partial charge in [0.15, 0.2) is 11.4 Å². The van der Waals surface area contributed by atoms with E-state index in [1.807, 2.05) is 26.0 Å². The Morgan fingerprint density at radius 3 is 2.10 bits per heavy atom. The molecule has 0 aliphatic carbocycles. The Morgan fingerprint density at radius 2 is 1.70 bits per heavy atom. The maximum Gasteiger partial charge on any atom is 0.347 e. The second kappa shape index (κ2) is 5.90. The molecular formula is C16H20O4. The Kier molecular flexibility index (Phi) is 4.71. The molecule has 0 saturated carbocycles. The first-order valence-corrected chi connectivity index (χ1v) is 6.36. The number of carboxylic acids is 1. The zero-order valence-corrected chi connectivity index (χ0v) is 12.5. The number of hydrogen-bond acceptors (Lipinski definition) is 3. The van der Waals surface area contributed by atoms with E-state index >= 15 is 0 Å². The fourth-order valence-electron chi connectivity index (χ4n) is 1.75. The van der Waals surface area contributed by atoms with Crippen LogP contribution in [0.1, 0.15) is 37.5 Å². The van der Waals surface area contributed by atoms with Crippen LogP contribution < -0.4 is 4.74 Å². The summed E-state index contributed by atoms with van der Waals surface area (Å²) in [6.45, 7) is 8.22. The number of carboxylic acid groups (broad SMARTS) is 1. The van der Waals surface area contributed by atoms with E-state index in [1.54, 1.807) is 6.08 Å². The summed E-state index contributed by atoms with van der Waals surface area (Å²) in [6, 6.07) is 3.72. The predicted octanol–water partition coefficient (Wildman–Crippen LogP) is 3.15. The van der Waals surface area contributed by atoms with Gasteiger partial charge in [-0.25, -0.2) is 4.79 Å². The maximum absolute atomic E-state index is 11.1. The lowest BCUT2D eigenvalue weighted by Crippen LogP contribution is -2.38. The van der Waals surface area contributed by atoms with Gasteiger partial charge in [0, 0.05) is 0 Å². The topological polar surface area (TPSA) is 63.6 Å². The average Bonchev–Trinajstić information content (AvgIpc) is 2.31. The van der Waals surface area contributed by atoms with Crippen molar-refractivity contribution >= 4 is 17.8 Å². The molecule has 0 saturated heterocycles. The number of aliphatic carboxylic acids is 1. The minimum atomic E-state index is -1.29. The lowest BCUT2D eigenvalue weighted by Gasteiger charge is -2.24. The van der Waals surface area contributed by atoms with Crippen molar-refractivity contribution in [3.05, 3.63) is 34.9 Å². The van der Waals surface area contributed by atoms with Gasteiger partial charge < -0.3 is 9.84 Å². The van der Waals surface area contributed by atoms with E-state index in [4.69, 9.17) is 9.84 Å². The van der Waals surface area contributed by atoms with E-state index in [0.29, 0.717) is 5.75 Å². The molecule has 0 atom stereocenters. The fraction of sp³-hybridized carbons (Fsp3) is 0.375. The van der Waals surface area contributed by atoms with Crippen molar-refractivity contribution in [2.45, 2.75) is 40.2 Å². The number of rotatable bonds is 5. The molecule has 0 heterocycles. The van der Waals surface area contributed by atoms with Crippen molar-refractivity contribution in [1.29, 1.82) is 0 Å². The molecule has 0 radical (unpaired) electrons. The number of allylic oxidation sites excluding steroid dienone is 1. The van der Waals surface area contributed by atoms with E-state index in [2.05, 4.69) is 0 Å². The number of carbonyl (C=O) groups is 2.